The lowest BCUT2D eigenvalue weighted by atomic mass is 10.1. The van der Waals surface area contributed by atoms with Crippen molar-refractivity contribution in [1.29, 1.82) is 0 Å². The predicted molar refractivity (Wildman–Crippen MR) is 83.9 cm³/mol. The minimum absolute atomic E-state index is 0.216. The van der Waals surface area contributed by atoms with Crippen molar-refractivity contribution in [3.63, 3.8) is 0 Å². The summed E-state index contributed by atoms with van der Waals surface area (Å²) in [6.45, 7) is 4.23. The summed E-state index contributed by atoms with van der Waals surface area (Å²) in [7, 11) is 1.69. The lowest BCUT2D eigenvalue weighted by Crippen LogP contribution is -2.07. The molecule has 0 heterocycles. The summed E-state index contributed by atoms with van der Waals surface area (Å²) in [5, 5.41) is 3.52. The number of hydrogen-bond acceptors (Lipinski definition) is 2. The number of aryl methyl sites for hydroxylation is 1. The molecule has 0 fully saturated rings. The Kier molecular flexibility index (Phi) is 4.48. The molecular weight excluding hydrogens is 302 g/mol. The number of halogens is 1. The van der Waals surface area contributed by atoms with Crippen LogP contribution in [0.3, 0.4) is 0 Å². The van der Waals surface area contributed by atoms with Gasteiger partial charge in [-0.2, -0.15) is 0 Å². The molecule has 0 spiro atoms. The number of rotatable bonds is 4. The molecule has 3 heteroatoms. The summed E-state index contributed by atoms with van der Waals surface area (Å²) in [5.74, 6) is 0.884. The van der Waals surface area contributed by atoms with Crippen LogP contribution in [0.1, 0.15) is 24.1 Å². The zero-order chi connectivity index (χ0) is 13.8. The van der Waals surface area contributed by atoms with E-state index in [0.717, 1.165) is 15.9 Å². The second-order valence-corrected chi connectivity index (χ2v) is 5.37. The highest BCUT2D eigenvalue weighted by molar-refractivity contribution is 9.10. The minimum atomic E-state index is 0.216. The second-order valence-electron chi connectivity index (χ2n) is 4.58. The van der Waals surface area contributed by atoms with Crippen LogP contribution in [-0.4, -0.2) is 7.11 Å². The first kappa shape index (κ1) is 13.9. The van der Waals surface area contributed by atoms with Crippen molar-refractivity contribution < 1.29 is 4.74 Å². The molecule has 0 amide bonds. The molecule has 19 heavy (non-hydrogen) atoms. The Bertz CT molecular complexity index is 568. The lowest BCUT2D eigenvalue weighted by Gasteiger charge is -2.18. The van der Waals surface area contributed by atoms with Gasteiger partial charge in [-0.3, -0.25) is 0 Å². The van der Waals surface area contributed by atoms with Crippen LogP contribution >= 0.6 is 15.9 Å². The number of ether oxygens (including phenoxy) is 1. The first-order valence-corrected chi connectivity index (χ1v) is 7.06. The molecule has 0 aliphatic rings. The summed E-state index contributed by atoms with van der Waals surface area (Å²) in [5.41, 5.74) is 3.53. The van der Waals surface area contributed by atoms with Crippen LogP contribution < -0.4 is 10.1 Å². The molecule has 0 aliphatic carbocycles. The zero-order valence-electron chi connectivity index (χ0n) is 11.4. The van der Waals surface area contributed by atoms with Gasteiger partial charge >= 0.3 is 0 Å². The van der Waals surface area contributed by atoms with Gasteiger partial charge in [-0.15, -0.1) is 0 Å². The van der Waals surface area contributed by atoms with Crippen molar-refractivity contribution in [1.82, 2.24) is 0 Å². The van der Waals surface area contributed by atoms with Gasteiger partial charge in [-0.05, 0) is 59.1 Å². The van der Waals surface area contributed by atoms with Crippen LogP contribution in [0.25, 0.3) is 0 Å². The van der Waals surface area contributed by atoms with E-state index in [4.69, 9.17) is 4.74 Å². The normalized spacial score (nSPS) is 12.0. The summed E-state index contributed by atoms with van der Waals surface area (Å²) >= 11 is 3.62. The Morgan fingerprint density at radius 1 is 1.16 bits per heavy atom. The molecule has 0 aliphatic heterocycles. The first-order valence-electron chi connectivity index (χ1n) is 6.27. The third kappa shape index (κ3) is 3.29. The van der Waals surface area contributed by atoms with Crippen LogP contribution in [0.5, 0.6) is 5.75 Å². The highest BCUT2D eigenvalue weighted by atomic mass is 79.9. The molecule has 1 unspecified atom stereocenters. The van der Waals surface area contributed by atoms with Crippen molar-refractivity contribution in [2.75, 3.05) is 12.4 Å². The summed E-state index contributed by atoms with van der Waals surface area (Å²) in [4.78, 5) is 0. The third-order valence-corrected chi connectivity index (χ3v) is 4.21. The Hall–Kier alpha value is -1.48. The van der Waals surface area contributed by atoms with E-state index in [1.165, 1.54) is 11.1 Å². The molecule has 0 bridgehead atoms. The van der Waals surface area contributed by atoms with E-state index in [0.29, 0.717) is 0 Å². The van der Waals surface area contributed by atoms with E-state index in [1.807, 2.05) is 12.1 Å². The topological polar surface area (TPSA) is 21.3 Å². The SMILES string of the molecule is COc1cccc(C(C)Nc2cccc(C)c2Br)c1. The fourth-order valence-electron chi connectivity index (χ4n) is 1.99. The fourth-order valence-corrected chi connectivity index (χ4v) is 2.37. The van der Waals surface area contributed by atoms with Gasteiger partial charge in [0.2, 0.25) is 0 Å². The average molecular weight is 320 g/mol. The highest BCUT2D eigenvalue weighted by Gasteiger charge is 2.09. The number of anilines is 1. The monoisotopic (exact) mass is 319 g/mol. The van der Waals surface area contributed by atoms with E-state index in [-0.39, 0.29) is 6.04 Å². The first-order chi connectivity index (χ1) is 9.11. The van der Waals surface area contributed by atoms with Crippen LogP contribution in [0, 0.1) is 6.92 Å². The number of methoxy groups -OCH3 is 1. The van der Waals surface area contributed by atoms with Crippen LogP contribution in [0.15, 0.2) is 46.9 Å². The van der Waals surface area contributed by atoms with Crippen molar-refractivity contribution in [2.45, 2.75) is 19.9 Å². The zero-order valence-corrected chi connectivity index (χ0v) is 13.0. The quantitative estimate of drug-likeness (QED) is 0.861. The Balaban J connectivity index is 2.20. The molecule has 0 radical (unpaired) electrons. The minimum Gasteiger partial charge on any atom is -0.497 e. The van der Waals surface area contributed by atoms with Crippen molar-refractivity contribution in [3.8, 4) is 5.75 Å². The van der Waals surface area contributed by atoms with Gasteiger partial charge in [0, 0.05) is 16.2 Å². The van der Waals surface area contributed by atoms with Gasteiger partial charge in [0.05, 0.1) is 7.11 Å². The molecule has 0 aromatic heterocycles. The maximum Gasteiger partial charge on any atom is 0.119 e. The molecular formula is C16H18BrNO. The van der Waals surface area contributed by atoms with Crippen LogP contribution in [0.2, 0.25) is 0 Å². The maximum atomic E-state index is 5.26. The van der Waals surface area contributed by atoms with Gasteiger partial charge in [-0.25, -0.2) is 0 Å². The van der Waals surface area contributed by atoms with Crippen molar-refractivity contribution in [3.05, 3.63) is 58.1 Å². The summed E-state index contributed by atoms with van der Waals surface area (Å²) in [6, 6.07) is 14.6. The molecule has 2 aromatic carbocycles. The Morgan fingerprint density at radius 2 is 1.89 bits per heavy atom. The summed E-state index contributed by atoms with van der Waals surface area (Å²) in [6.07, 6.45) is 0. The number of benzene rings is 2. The van der Waals surface area contributed by atoms with Crippen LogP contribution in [0.4, 0.5) is 5.69 Å². The molecule has 1 atom stereocenters. The summed E-state index contributed by atoms with van der Waals surface area (Å²) < 4.78 is 6.38. The van der Waals surface area contributed by atoms with Crippen molar-refractivity contribution in [2.24, 2.45) is 0 Å². The van der Waals surface area contributed by atoms with Gasteiger partial charge in [-0.1, -0.05) is 24.3 Å². The standard InChI is InChI=1S/C16H18BrNO/c1-11-6-4-9-15(16(11)17)18-12(2)13-7-5-8-14(10-13)19-3/h4-10,12,18H,1-3H3. The number of hydrogen-bond donors (Lipinski definition) is 1. The third-order valence-electron chi connectivity index (χ3n) is 3.16. The molecule has 0 saturated heterocycles. The fraction of sp³-hybridized carbons (Fsp3) is 0.250. The molecule has 0 saturated carbocycles. The van der Waals surface area contributed by atoms with E-state index in [9.17, 15) is 0 Å². The largest absolute Gasteiger partial charge is 0.497 e. The lowest BCUT2D eigenvalue weighted by molar-refractivity contribution is 0.414. The molecule has 2 aromatic rings. The Labute approximate surface area is 122 Å². The molecule has 100 valence electrons. The smallest absolute Gasteiger partial charge is 0.119 e. The molecule has 1 N–H and O–H groups in total. The molecule has 2 nitrogen and oxygen atoms in total. The number of nitrogens with one attached hydrogen (secondary N) is 1. The van der Waals surface area contributed by atoms with Gasteiger partial charge in [0.15, 0.2) is 0 Å². The second kappa shape index (κ2) is 6.11. The average Bonchev–Trinajstić information content (AvgIpc) is 2.44. The van der Waals surface area contributed by atoms with Gasteiger partial charge in [0.25, 0.3) is 0 Å². The van der Waals surface area contributed by atoms with E-state index in [2.05, 4.69) is 65.4 Å². The molecule has 2 rings (SSSR count). The maximum absolute atomic E-state index is 5.26. The van der Waals surface area contributed by atoms with Crippen LogP contribution in [-0.2, 0) is 0 Å². The van der Waals surface area contributed by atoms with E-state index in [1.54, 1.807) is 7.11 Å². The van der Waals surface area contributed by atoms with Gasteiger partial charge in [0.1, 0.15) is 5.75 Å². The highest BCUT2D eigenvalue weighted by Crippen LogP contribution is 2.29. The van der Waals surface area contributed by atoms with E-state index < -0.39 is 0 Å². The van der Waals surface area contributed by atoms with Crippen molar-refractivity contribution >= 4 is 21.6 Å². The van der Waals surface area contributed by atoms with E-state index >= 15 is 0 Å². The predicted octanol–water partition coefficient (Wildman–Crippen LogP) is 4.94. The van der Waals surface area contributed by atoms with Gasteiger partial charge < -0.3 is 10.1 Å². The Morgan fingerprint density at radius 3 is 2.63 bits per heavy atom.